The van der Waals surface area contributed by atoms with Crippen LogP contribution in [0.15, 0.2) is 16.5 Å². The van der Waals surface area contributed by atoms with Gasteiger partial charge in [-0.1, -0.05) is 13.8 Å². The number of nitrogens with zero attached hydrogens (tertiary/aromatic N) is 1. The van der Waals surface area contributed by atoms with Gasteiger partial charge in [0.25, 0.3) is 0 Å². The molecule has 0 atom stereocenters. The zero-order valence-electron chi connectivity index (χ0n) is 10.8. The highest BCUT2D eigenvalue weighted by Crippen LogP contribution is 2.22. The number of ether oxygens (including phenoxy) is 1. The fourth-order valence-corrected chi connectivity index (χ4v) is 1.95. The maximum absolute atomic E-state index is 10.6. The Kier molecular flexibility index (Phi) is 5.77. The van der Waals surface area contributed by atoms with Gasteiger partial charge in [0.15, 0.2) is 17.9 Å². The molecule has 4 heteroatoms. The molecule has 0 fully saturated rings. The van der Waals surface area contributed by atoms with Gasteiger partial charge in [-0.2, -0.15) is 0 Å². The molecule has 1 rings (SSSR count). The first kappa shape index (κ1) is 13.8. The molecule has 96 valence electrons. The number of carbonyl (C=O) groups excluding carboxylic acids is 1. The van der Waals surface area contributed by atoms with E-state index in [9.17, 15) is 4.79 Å². The maximum atomic E-state index is 10.6. The van der Waals surface area contributed by atoms with Crippen molar-refractivity contribution in [1.29, 1.82) is 0 Å². The number of furan rings is 1. The predicted molar refractivity (Wildman–Crippen MR) is 67.7 cm³/mol. The Morgan fingerprint density at radius 1 is 1.41 bits per heavy atom. The number of anilines is 1. The van der Waals surface area contributed by atoms with E-state index in [1.165, 1.54) is 0 Å². The minimum absolute atomic E-state index is 0.369. The van der Waals surface area contributed by atoms with E-state index >= 15 is 0 Å². The van der Waals surface area contributed by atoms with Gasteiger partial charge in [0.05, 0.1) is 6.61 Å². The Labute approximate surface area is 103 Å². The van der Waals surface area contributed by atoms with E-state index < -0.39 is 0 Å². The predicted octanol–water partition coefficient (Wildman–Crippen LogP) is 2.73. The van der Waals surface area contributed by atoms with E-state index in [1.54, 1.807) is 13.2 Å². The molecule has 0 amide bonds. The smallest absolute Gasteiger partial charge is 0.196 e. The summed E-state index contributed by atoms with van der Waals surface area (Å²) in [6, 6.07) is 3.96. The van der Waals surface area contributed by atoms with Gasteiger partial charge in [-0.05, 0) is 18.9 Å². The minimum Gasteiger partial charge on any atom is -0.438 e. The van der Waals surface area contributed by atoms with Crippen molar-refractivity contribution in [3.05, 3.63) is 17.9 Å². The highest BCUT2D eigenvalue weighted by molar-refractivity contribution is 5.71. The van der Waals surface area contributed by atoms with Crippen molar-refractivity contribution < 1.29 is 13.9 Å². The van der Waals surface area contributed by atoms with Gasteiger partial charge in [0, 0.05) is 25.8 Å². The van der Waals surface area contributed by atoms with Crippen LogP contribution in [0.25, 0.3) is 0 Å². The number of aldehydes is 1. The Hall–Kier alpha value is -1.29. The van der Waals surface area contributed by atoms with Crippen LogP contribution in [0.2, 0.25) is 0 Å². The number of methoxy groups -OCH3 is 1. The molecule has 0 aromatic carbocycles. The summed E-state index contributed by atoms with van der Waals surface area (Å²) in [6.07, 6.45) is 2.81. The molecule has 0 radical (unpaired) electrons. The van der Waals surface area contributed by atoms with E-state index in [4.69, 9.17) is 9.15 Å². The van der Waals surface area contributed by atoms with Crippen molar-refractivity contribution in [3.63, 3.8) is 0 Å². The minimum atomic E-state index is 0.369. The standard InChI is InChI=1S/C13H21NO3/c1-4-11(5-2)14(8-9-16-3)13-7-6-12(10-15)17-13/h6-7,10-11H,4-5,8-9H2,1-3H3. The molecule has 0 aliphatic rings. The van der Waals surface area contributed by atoms with Crippen molar-refractivity contribution in [3.8, 4) is 0 Å². The first-order valence-corrected chi connectivity index (χ1v) is 6.07. The van der Waals surface area contributed by atoms with E-state index in [-0.39, 0.29) is 0 Å². The number of hydrogen-bond donors (Lipinski definition) is 0. The lowest BCUT2D eigenvalue weighted by Crippen LogP contribution is -2.36. The average Bonchev–Trinajstić information content (AvgIpc) is 2.83. The first-order chi connectivity index (χ1) is 8.26. The molecule has 0 saturated heterocycles. The quantitative estimate of drug-likeness (QED) is 0.654. The molecule has 1 heterocycles. The average molecular weight is 239 g/mol. The van der Waals surface area contributed by atoms with Crippen LogP contribution < -0.4 is 4.90 Å². The van der Waals surface area contributed by atoms with Gasteiger partial charge >= 0.3 is 0 Å². The Morgan fingerprint density at radius 2 is 2.12 bits per heavy atom. The highest BCUT2D eigenvalue weighted by atomic mass is 16.5. The Balaban J connectivity index is 2.83. The zero-order chi connectivity index (χ0) is 12.7. The fourth-order valence-electron chi connectivity index (χ4n) is 1.95. The molecule has 4 nitrogen and oxygen atoms in total. The lowest BCUT2D eigenvalue weighted by Gasteiger charge is -2.29. The van der Waals surface area contributed by atoms with E-state index in [1.807, 2.05) is 6.07 Å². The topological polar surface area (TPSA) is 42.7 Å². The Morgan fingerprint density at radius 3 is 2.59 bits per heavy atom. The maximum Gasteiger partial charge on any atom is 0.196 e. The second-order valence-electron chi connectivity index (χ2n) is 3.95. The van der Waals surface area contributed by atoms with E-state index in [0.717, 1.165) is 31.6 Å². The molecule has 0 N–H and O–H groups in total. The van der Waals surface area contributed by atoms with Crippen LogP contribution in [0.4, 0.5) is 5.88 Å². The summed E-state index contributed by atoms with van der Waals surface area (Å²) < 4.78 is 10.6. The zero-order valence-corrected chi connectivity index (χ0v) is 10.8. The summed E-state index contributed by atoms with van der Waals surface area (Å²) >= 11 is 0. The van der Waals surface area contributed by atoms with Crippen LogP contribution in [-0.4, -0.2) is 32.6 Å². The molecule has 1 aromatic rings. The molecule has 0 aliphatic carbocycles. The lowest BCUT2D eigenvalue weighted by molar-refractivity contribution is 0.110. The molecular formula is C13H21NO3. The van der Waals surface area contributed by atoms with Crippen molar-refractivity contribution in [1.82, 2.24) is 0 Å². The van der Waals surface area contributed by atoms with E-state index in [2.05, 4.69) is 18.7 Å². The van der Waals surface area contributed by atoms with Crippen molar-refractivity contribution >= 4 is 12.2 Å². The van der Waals surface area contributed by atoms with Gasteiger partial charge < -0.3 is 14.1 Å². The third-order valence-electron chi connectivity index (χ3n) is 2.93. The summed E-state index contributed by atoms with van der Waals surface area (Å²) in [7, 11) is 1.68. The number of rotatable bonds is 8. The van der Waals surface area contributed by atoms with Crippen LogP contribution in [0, 0.1) is 0 Å². The summed E-state index contributed by atoms with van der Waals surface area (Å²) in [6.45, 7) is 5.72. The van der Waals surface area contributed by atoms with Gasteiger partial charge in [-0.3, -0.25) is 4.79 Å². The number of carbonyl (C=O) groups is 1. The normalized spacial score (nSPS) is 10.8. The summed E-state index contributed by atoms with van der Waals surface area (Å²) in [5.41, 5.74) is 0. The summed E-state index contributed by atoms with van der Waals surface area (Å²) in [5.74, 6) is 1.12. The van der Waals surface area contributed by atoms with Gasteiger partial charge in [0.2, 0.25) is 0 Å². The van der Waals surface area contributed by atoms with Gasteiger partial charge in [-0.25, -0.2) is 0 Å². The van der Waals surface area contributed by atoms with Crippen molar-refractivity contribution in [2.75, 3.05) is 25.2 Å². The molecular weight excluding hydrogens is 218 g/mol. The SMILES string of the molecule is CCC(CC)N(CCOC)c1ccc(C=O)o1. The second-order valence-corrected chi connectivity index (χ2v) is 3.95. The van der Waals surface area contributed by atoms with E-state index in [0.29, 0.717) is 18.4 Å². The molecule has 0 saturated carbocycles. The highest BCUT2D eigenvalue weighted by Gasteiger charge is 2.18. The van der Waals surface area contributed by atoms with Crippen LogP contribution in [0.1, 0.15) is 37.2 Å². The number of hydrogen-bond acceptors (Lipinski definition) is 4. The van der Waals surface area contributed by atoms with Crippen molar-refractivity contribution in [2.45, 2.75) is 32.7 Å². The Bertz CT molecular complexity index is 331. The van der Waals surface area contributed by atoms with Gasteiger partial charge in [0.1, 0.15) is 0 Å². The van der Waals surface area contributed by atoms with Crippen LogP contribution >= 0.6 is 0 Å². The molecule has 0 unspecified atom stereocenters. The third kappa shape index (κ3) is 3.60. The summed E-state index contributed by atoms with van der Waals surface area (Å²) in [5, 5.41) is 0. The summed E-state index contributed by atoms with van der Waals surface area (Å²) in [4.78, 5) is 12.8. The molecule has 0 bridgehead atoms. The van der Waals surface area contributed by atoms with Crippen LogP contribution in [-0.2, 0) is 4.74 Å². The van der Waals surface area contributed by atoms with Crippen LogP contribution in [0.5, 0.6) is 0 Å². The molecule has 17 heavy (non-hydrogen) atoms. The monoisotopic (exact) mass is 239 g/mol. The first-order valence-electron chi connectivity index (χ1n) is 6.07. The molecule has 0 aliphatic heterocycles. The van der Waals surface area contributed by atoms with Crippen molar-refractivity contribution in [2.24, 2.45) is 0 Å². The lowest BCUT2D eigenvalue weighted by atomic mass is 10.1. The molecule has 0 spiro atoms. The second kappa shape index (κ2) is 7.12. The largest absolute Gasteiger partial charge is 0.438 e. The van der Waals surface area contributed by atoms with Crippen LogP contribution in [0.3, 0.4) is 0 Å². The molecule has 1 aromatic heterocycles. The van der Waals surface area contributed by atoms with Gasteiger partial charge in [-0.15, -0.1) is 0 Å². The fraction of sp³-hybridized carbons (Fsp3) is 0.615. The third-order valence-corrected chi connectivity index (χ3v) is 2.93.